The molecule has 0 aliphatic carbocycles. The van der Waals surface area contributed by atoms with E-state index in [2.05, 4.69) is 0 Å². The fraction of sp³-hybridized carbons (Fsp3) is 0.500. The number of aryl methyl sites for hydroxylation is 1. The molecule has 0 radical (unpaired) electrons. The maximum absolute atomic E-state index is 13.1. The summed E-state index contributed by atoms with van der Waals surface area (Å²) in [5.74, 6) is -3.86. The van der Waals surface area contributed by atoms with Crippen LogP contribution in [0.1, 0.15) is 12.5 Å². The van der Waals surface area contributed by atoms with Crippen molar-refractivity contribution in [3.05, 3.63) is 35.1 Å². The Morgan fingerprint density at radius 1 is 1.05 bits per heavy atom. The van der Waals surface area contributed by atoms with E-state index in [1.165, 1.54) is 14.2 Å². The van der Waals surface area contributed by atoms with Gasteiger partial charge in [0.2, 0.25) is 0 Å². The third-order valence-corrected chi connectivity index (χ3v) is 5.58. The first-order valence-electron chi connectivity index (χ1n) is 5.85. The van der Waals surface area contributed by atoms with E-state index < -0.39 is 26.3 Å². The molecule has 0 unspecified atom stereocenters. The molecule has 0 aliphatic rings. The van der Waals surface area contributed by atoms with Crippen molar-refractivity contribution in [3.63, 3.8) is 0 Å². The first kappa shape index (κ1) is 16.2. The predicted molar refractivity (Wildman–Crippen MR) is 66.2 cm³/mol. The van der Waals surface area contributed by atoms with Gasteiger partial charge in [0.05, 0.1) is 0 Å². The molecule has 3 nitrogen and oxygen atoms in total. The molecule has 1 rings (SSSR count). The normalized spacial score (nSPS) is 11.9. The second-order valence-electron chi connectivity index (χ2n) is 3.90. The highest BCUT2D eigenvalue weighted by molar-refractivity contribution is 6.60. The number of hydrogen-bond acceptors (Lipinski definition) is 3. The minimum absolute atomic E-state index is 0.280. The number of rotatable bonds is 7. The second kappa shape index (κ2) is 7.04. The van der Waals surface area contributed by atoms with Crippen LogP contribution in [0.3, 0.4) is 0 Å². The van der Waals surface area contributed by atoms with E-state index in [1.807, 2.05) is 0 Å². The Balaban J connectivity index is 2.80. The first-order chi connectivity index (χ1) is 8.98. The Morgan fingerprint density at radius 3 is 2.00 bits per heavy atom. The summed E-state index contributed by atoms with van der Waals surface area (Å²) in [4.78, 5) is 0. The summed E-state index contributed by atoms with van der Waals surface area (Å²) in [5.41, 5.74) is 0.335. The average Bonchev–Trinajstić information content (AvgIpc) is 2.41. The fourth-order valence-corrected chi connectivity index (χ4v) is 3.74. The smallest absolute Gasteiger partial charge is 0.377 e. The Morgan fingerprint density at radius 2 is 1.58 bits per heavy atom. The quantitative estimate of drug-likeness (QED) is 0.571. The zero-order valence-electron chi connectivity index (χ0n) is 11.1. The molecule has 0 aromatic heterocycles. The molecule has 1 aromatic carbocycles. The topological polar surface area (TPSA) is 27.7 Å². The first-order valence-corrected chi connectivity index (χ1v) is 7.79. The molecule has 0 fully saturated rings. The summed E-state index contributed by atoms with van der Waals surface area (Å²) in [6.07, 6.45) is 0.280. The van der Waals surface area contributed by atoms with E-state index in [-0.39, 0.29) is 6.42 Å². The van der Waals surface area contributed by atoms with Gasteiger partial charge in [0.15, 0.2) is 17.5 Å². The van der Waals surface area contributed by atoms with Crippen LogP contribution < -0.4 is 0 Å². The van der Waals surface area contributed by atoms with E-state index in [0.717, 1.165) is 12.1 Å². The van der Waals surface area contributed by atoms with Crippen LogP contribution >= 0.6 is 0 Å². The van der Waals surface area contributed by atoms with Gasteiger partial charge in [-0.15, -0.1) is 0 Å². The molecular weight excluding hydrogens is 277 g/mol. The maximum Gasteiger partial charge on any atom is 0.500 e. The standard InChI is InChI=1S/C12H17F3O3Si/c1-4-18-19(16-2,17-3)6-5-9-7-10(13)12(15)11(14)8-9/h7-8H,4-6H2,1-3H3. The van der Waals surface area contributed by atoms with Crippen molar-refractivity contribution in [2.75, 3.05) is 20.8 Å². The SMILES string of the molecule is CCO[Si](CCc1cc(F)c(F)c(F)c1)(OC)OC. The Kier molecular flexibility index (Phi) is 5.99. The largest absolute Gasteiger partial charge is 0.500 e. The van der Waals surface area contributed by atoms with Gasteiger partial charge in [-0.3, -0.25) is 0 Å². The number of benzene rings is 1. The van der Waals surface area contributed by atoms with E-state index in [9.17, 15) is 13.2 Å². The molecule has 108 valence electrons. The molecule has 0 spiro atoms. The van der Waals surface area contributed by atoms with E-state index in [4.69, 9.17) is 13.3 Å². The van der Waals surface area contributed by atoms with Crippen LogP contribution in [-0.4, -0.2) is 29.6 Å². The lowest BCUT2D eigenvalue weighted by molar-refractivity contribution is 0.104. The van der Waals surface area contributed by atoms with Crippen LogP contribution in [0.5, 0.6) is 0 Å². The highest BCUT2D eigenvalue weighted by Gasteiger charge is 2.38. The molecule has 19 heavy (non-hydrogen) atoms. The number of hydrogen-bond donors (Lipinski definition) is 0. The van der Waals surface area contributed by atoms with Crippen molar-refractivity contribution in [2.24, 2.45) is 0 Å². The lowest BCUT2D eigenvalue weighted by atomic mass is 10.1. The predicted octanol–water partition coefficient (Wildman–Crippen LogP) is 2.91. The van der Waals surface area contributed by atoms with Gasteiger partial charge in [0, 0.05) is 26.9 Å². The summed E-state index contributed by atoms with van der Waals surface area (Å²) in [5, 5.41) is 0. The van der Waals surface area contributed by atoms with Gasteiger partial charge >= 0.3 is 8.80 Å². The number of halogens is 3. The van der Waals surface area contributed by atoms with Crippen LogP contribution in [0.15, 0.2) is 12.1 Å². The van der Waals surface area contributed by atoms with Gasteiger partial charge in [-0.1, -0.05) is 0 Å². The molecule has 0 heterocycles. The van der Waals surface area contributed by atoms with Crippen LogP contribution in [0.4, 0.5) is 13.2 Å². The summed E-state index contributed by atoms with van der Waals surface area (Å²) in [7, 11) is 0.126. The van der Waals surface area contributed by atoms with Crippen molar-refractivity contribution in [2.45, 2.75) is 19.4 Å². The van der Waals surface area contributed by atoms with Gasteiger partial charge in [0.25, 0.3) is 0 Å². The van der Waals surface area contributed by atoms with Crippen LogP contribution in [0.25, 0.3) is 0 Å². The summed E-state index contributed by atoms with van der Waals surface area (Å²) < 4.78 is 55.0. The van der Waals surface area contributed by atoms with Crippen molar-refractivity contribution in [1.29, 1.82) is 0 Å². The lowest BCUT2D eigenvalue weighted by Gasteiger charge is -2.25. The second-order valence-corrected chi connectivity index (χ2v) is 6.87. The third kappa shape index (κ3) is 4.03. The Bertz CT molecular complexity index is 402. The van der Waals surface area contributed by atoms with Crippen LogP contribution in [-0.2, 0) is 19.7 Å². The minimum Gasteiger partial charge on any atom is -0.377 e. The van der Waals surface area contributed by atoms with E-state index in [1.54, 1.807) is 6.92 Å². The zero-order chi connectivity index (χ0) is 14.5. The van der Waals surface area contributed by atoms with Crippen molar-refractivity contribution >= 4 is 8.80 Å². The van der Waals surface area contributed by atoms with Crippen molar-refractivity contribution < 1.29 is 26.4 Å². The average molecular weight is 294 g/mol. The van der Waals surface area contributed by atoms with Gasteiger partial charge in [-0.25, -0.2) is 13.2 Å². The molecule has 0 saturated heterocycles. The molecule has 0 saturated carbocycles. The summed E-state index contributed by atoms with van der Waals surface area (Å²) in [6.45, 7) is 2.22. The molecule has 0 N–H and O–H groups in total. The fourth-order valence-electron chi connectivity index (χ4n) is 1.75. The maximum atomic E-state index is 13.1. The highest BCUT2D eigenvalue weighted by atomic mass is 28.4. The van der Waals surface area contributed by atoms with E-state index >= 15 is 0 Å². The Labute approximate surface area is 111 Å². The molecular formula is C12H17F3O3Si. The summed E-state index contributed by atoms with van der Waals surface area (Å²) in [6, 6.07) is 2.29. The highest BCUT2D eigenvalue weighted by Crippen LogP contribution is 2.20. The van der Waals surface area contributed by atoms with Gasteiger partial charge in [0.1, 0.15) is 0 Å². The van der Waals surface area contributed by atoms with Gasteiger partial charge in [-0.05, 0) is 31.0 Å². The third-order valence-electron chi connectivity index (χ3n) is 2.75. The van der Waals surface area contributed by atoms with Gasteiger partial charge < -0.3 is 13.3 Å². The van der Waals surface area contributed by atoms with Gasteiger partial charge in [-0.2, -0.15) is 0 Å². The molecule has 0 bridgehead atoms. The van der Waals surface area contributed by atoms with Crippen LogP contribution in [0.2, 0.25) is 6.04 Å². The van der Waals surface area contributed by atoms with Crippen LogP contribution in [0, 0.1) is 17.5 Å². The minimum atomic E-state index is -2.81. The van der Waals surface area contributed by atoms with Crippen molar-refractivity contribution in [3.8, 4) is 0 Å². The molecule has 1 aromatic rings. The van der Waals surface area contributed by atoms with Crippen molar-refractivity contribution in [1.82, 2.24) is 0 Å². The molecule has 0 atom stereocenters. The van der Waals surface area contributed by atoms with E-state index in [0.29, 0.717) is 18.2 Å². The molecule has 0 aliphatic heterocycles. The molecule has 7 heteroatoms. The molecule has 0 amide bonds. The zero-order valence-corrected chi connectivity index (χ0v) is 12.1. The lowest BCUT2D eigenvalue weighted by Crippen LogP contribution is -2.44. The summed E-state index contributed by atoms with van der Waals surface area (Å²) >= 11 is 0. The Hall–Kier alpha value is -0.893. The monoisotopic (exact) mass is 294 g/mol.